The molecule has 2 rings (SSSR count). The average molecular weight is 304 g/mol. The second-order valence-electron chi connectivity index (χ2n) is 5.13. The number of nitrogens with zero attached hydrogens (tertiary/aromatic N) is 2. The third kappa shape index (κ3) is 3.84. The molecule has 118 valence electrons. The molecule has 6 nitrogen and oxygen atoms in total. The summed E-state index contributed by atoms with van der Waals surface area (Å²) >= 11 is 0. The number of methoxy groups -OCH3 is 1. The monoisotopic (exact) mass is 304 g/mol. The van der Waals surface area contributed by atoms with Gasteiger partial charge in [0, 0.05) is 18.7 Å². The number of piperidine rings is 1. The number of benzene rings is 1. The molecule has 6 heteroatoms. The zero-order valence-electron chi connectivity index (χ0n) is 12.8. The van der Waals surface area contributed by atoms with E-state index in [1.54, 1.807) is 23.2 Å². The van der Waals surface area contributed by atoms with E-state index in [2.05, 4.69) is 9.99 Å². The van der Waals surface area contributed by atoms with Crippen LogP contribution in [-0.4, -0.2) is 50.3 Å². The van der Waals surface area contributed by atoms with Crippen LogP contribution in [-0.2, 0) is 14.4 Å². The highest BCUT2D eigenvalue weighted by atomic mass is 16.6. The molecule has 1 heterocycles. The molecule has 0 saturated carbocycles. The van der Waals surface area contributed by atoms with Crippen molar-refractivity contribution in [3.8, 4) is 0 Å². The normalized spacial score (nSPS) is 15.8. The van der Waals surface area contributed by atoms with Crippen molar-refractivity contribution in [2.24, 2.45) is 11.1 Å². The van der Waals surface area contributed by atoms with E-state index in [1.807, 2.05) is 12.1 Å². The smallest absolute Gasteiger partial charge is 0.308 e. The highest BCUT2D eigenvalue weighted by Crippen LogP contribution is 2.20. The molecule has 1 fully saturated rings. The molecule has 0 aromatic heterocycles. The maximum absolute atomic E-state index is 12.4. The number of oxime groups is 1. The van der Waals surface area contributed by atoms with Crippen LogP contribution in [0.1, 0.15) is 28.8 Å². The number of carbonyl (C=O) groups is 2. The molecule has 0 atom stereocenters. The molecule has 1 saturated heterocycles. The maximum atomic E-state index is 12.4. The largest absolute Gasteiger partial charge is 0.469 e. The summed E-state index contributed by atoms with van der Waals surface area (Å²) in [5, 5.41) is 3.68. The van der Waals surface area contributed by atoms with Crippen molar-refractivity contribution in [1.29, 1.82) is 0 Å². The van der Waals surface area contributed by atoms with Crippen molar-refractivity contribution in [2.45, 2.75) is 12.8 Å². The molecule has 22 heavy (non-hydrogen) atoms. The quantitative estimate of drug-likeness (QED) is 0.482. The van der Waals surface area contributed by atoms with E-state index in [-0.39, 0.29) is 17.8 Å². The lowest BCUT2D eigenvalue weighted by Gasteiger charge is -2.30. The van der Waals surface area contributed by atoms with Gasteiger partial charge in [-0.2, -0.15) is 0 Å². The van der Waals surface area contributed by atoms with Crippen LogP contribution in [0.2, 0.25) is 0 Å². The van der Waals surface area contributed by atoms with Crippen molar-refractivity contribution < 1.29 is 19.2 Å². The average Bonchev–Trinajstić information content (AvgIpc) is 2.59. The number of ether oxygens (including phenoxy) is 1. The summed E-state index contributed by atoms with van der Waals surface area (Å²) in [4.78, 5) is 30.3. The van der Waals surface area contributed by atoms with Crippen molar-refractivity contribution >= 4 is 18.1 Å². The number of esters is 1. The summed E-state index contributed by atoms with van der Waals surface area (Å²) in [5.74, 6) is -0.297. The van der Waals surface area contributed by atoms with Crippen molar-refractivity contribution in [3.63, 3.8) is 0 Å². The first-order valence-electron chi connectivity index (χ1n) is 7.19. The van der Waals surface area contributed by atoms with Gasteiger partial charge in [0.05, 0.1) is 19.2 Å². The molecule has 0 spiro atoms. The fourth-order valence-electron chi connectivity index (χ4n) is 2.49. The Labute approximate surface area is 129 Å². The fraction of sp³-hybridized carbons (Fsp3) is 0.438. The van der Waals surface area contributed by atoms with Crippen molar-refractivity contribution in [1.82, 2.24) is 4.90 Å². The van der Waals surface area contributed by atoms with E-state index in [0.29, 0.717) is 31.5 Å². The second kappa shape index (κ2) is 7.59. The Hall–Kier alpha value is -2.37. The van der Waals surface area contributed by atoms with Gasteiger partial charge in [0.2, 0.25) is 0 Å². The van der Waals surface area contributed by atoms with Crippen LogP contribution in [0.5, 0.6) is 0 Å². The molecule has 1 aliphatic rings. The first-order valence-corrected chi connectivity index (χ1v) is 7.19. The second-order valence-corrected chi connectivity index (χ2v) is 5.13. The van der Waals surface area contributed by atoms with Gasteiger partial charge in [-0.15, -0.1) is 0 Å². The molecular formula is C16H20N2O4. The number of hydrogen-bond acceptors (Lipinski definition) is 5. The van der Waals surface area contributed by atoms with E-state index in [9.17, 15) is 9.59 Å². The lowest BCUT2D eigenvalue weighted by Crippen LogP contribution is -2.40. The third-order valence-electron chi connectivity index (χ3n) is 3.78. The summed E-state index contributed by atoms with van der Waals surface area (Å²) in [6, 6.07) is 7.17. The predicted molar refractivity (Wildman–Crippen MR) is 81.7 cm³/mol. The molecule has 0 bridgehead atoms. The Kier molecular flexibility index (Phi) is 5.52. The van der Waals surface area contributed by atoms with E-state index >= 15 is 0 Å². The van der Waals surface area contributed by atoms with Gasteiger partial charge in [-0.25, -0.2) is 0 Å². The number of likely N-dealkylation sites (tertiary alicyclic amines) is 1. The van der Waals surface area contributed by atoms with Crippen molar-refractivity contribution in [2.75, 3.05) is 27.3 Å². The van der Waals surface area contributed by atoms with E-state index < -0.39 is 0 Å². The Balaban J connectivity index is 1.95. The SMILES string of the molecule is CO/N=C/c1ccc(C(=O)N2CCC(C(=O)OC)CC2)cc1. The van der Waals surface area contributed by atoms with Gasteiger partial charge in [0.1, 0.15) is 7.11 Å². The van der Waals surface area contributed by atoms with E-state index in [1.165, 1.54) is 14.2 Å². The van der Waals surface area contributed by atoms with Gasteiger partial charge >= 0.3 is 5.97 Å². The van der Waals surface area contributed by atoms with Crippen LogP contribution >= 0.6 is 0 Å². The first kappa shape index (κ1) is 16.0. The zero-order chi connectivity index (χ0) is 15.9. The summed E-state index contributed by atoms with van der Waals surface area (Å²) in [7, 11) is 2.88. The number of amides is 1. The van der Waals surface area contributed by atoms with Crippen LogP contribution in [0.15, 0.2) is 29.4 Å². The predicted octanol–water partition coefficient (Wildman–Crippen LogP) is 1.69. The highest BCUT2D eigenvalue weighted by Gasteiger charge is 2.28. The molecule has 0 radical (unpaired) electrons. The first-order chi connectivity index (χ1) is 10.7. The lowest BCUT2D eigenvalue weighted by atomic mass is 9.96. The Morgan fingerprint density at radius 3 is 2.36 bits per heavy atom. The molecule has 0 aliphatic carbocycles. The summed E-state index contributed by atoms with van der Waals surface area (Å²) in [5.41, 5.74) is 1.49. The van der Waals surface area contributed by atoms with E-state index in [4.69, 9.17) is 4.74 Å². The number of hydrogen-bond donors (Lipinski definition) is 0. The Bertz CT molecular complexity index is 546. The maximum Gasteiger partial charge on any atom is 0.308 e. The Morgan fingerprint density at radius 1 is 1.18 bits per heavy atom. The molecular weight excluding hydrogens is 284 g/mol. The van der Waals surface area contributed by atoms with E-state index in [0.717, 1.165) is 5.56 Å². The lowest BCUT2D eigenvalue weighted by molar-refractivity contribution is -0.146. The fourth-order valence-corrected chi connectivity index (χ4v) is 2.49. The number of rotatable bonds is 4. The van der Waals surface area contributed by atoms with Crippen LogP contribution in [0, 0.1) is 5.92 Å². The molecule has 1 amide bonds. The molecule has 0 N–H and O–H groups in total. The molecule has 1 aromatic carbocycles. The minimum absolute atomic E-state index is 0.0152. The van der Waals surface area contributed by atoms with Crippen LogP contribution in [0.3, 0.4) is 0 Å². The summed E-state index contributed by atoms with van der Waals surface area (Å²) < 4.78 is 4.75. The van der Waals surface area contributed by atoms with Gasteiger partial charge in [-0.05, 0) is 30.5 Å². The van der Waals surface area contributed by atoms with Gasteiger partial charge in [0.25, 0.3) is 5.91 Å². The van der Waals surface area contributed by atoms with Gasteiger partial charge in [-0.1, -0.05) is 17.3 Å². The van der Waals surface area contributed by atoms with Crippen molar-refractivity contribution in [3.05, 3.63) is 35.4 Å². The Morgan fingerprint density at radius 2 is 1.82 bits per heavy atom. The number of carbonyl (C=O) groups excluding carboxylic acids is 2. The standard InChI is InChI=1S/C16H20N2O4/c1-21-16(20)14-7-9-18(10-8-14)15(19)13-5-3-12(4-6-13)11-17-22-2/h3-6,11,14H,7-10H2,1-2H3/b17-11+. The summed E-state index contributed by atoms with van der Waals surface area (Å²) in [6.45, 7) is 1.15. The van der Waals surface area contributed by atoms with Gasteiger partial charge in [0.15, 0.2) is 0 Å². The minimum atomic E-state index is -0.186. The molecule has 0 unspecified atom stereocenters. The van der Waals surface area contributed by atoms with Gasteiger partial charge < -0.3 is 14.5 Å². The van der Waals surface area contributed by atoms with Crippen LogP contribution in [0.4, 0.5) is 0 Å². The van der Waals surface area contributed by atoms with Crippen LogP contribution < -0.4 is 0 Å². The summed E-state index contributed by atoms with van der Waals surface area (Å²) in [6.07, 6.45) is 2.88. The molecule has 1 aliphatic heterocycles. The topological polar surface area (TPSA) is 68.2 Å². The minimum Gasteiger partial charge on any atom is -0.469 e. The van der Waals surface area contributed by atoms with Gasteiger partial charge in [-0.3, -0.25) is 9.59 Å². The zero-order valence-corrected chi connectivity index (χ0v) is 12.8. The molecule has 1 aromatic rings. The van der Waals surface area contributed by atoms with Crippen LogP contribution in [0.25, 0.3) is 0 Å². The highest BCUT2D eigenvalue weighted by molar-refractivity contribution is 5.95. The third-order valence-corrected chi connectivity index (χ3v) is 3.78.